The van der Waals surface area contributed by atoms with Gasteiger partial charge in [0.1, 0.15) is 0 Å². The molecular formula is C10H8BrN5O2. The zero-order valence-corrected chi connectivity index (χ0v) is 10.7. The number of imide groups is 1. The second kappa shape index (κ2) is 4.05. The average molecular weight is 310 g/mol. The Labute approximate surface area is 110 Å². The van der Waals surface area contributed by atoms with Gasteiger partial charge in [-0.2, -0.15) is 4.98 Å². The second-order valence-electron chi connectivity index (χ2n) is 3.80. The largest absolute Gasteiger partial charge is 0.328 e. The summed E-state index contributed by atoms with van der Waals surface area (Å²) < 4.78 is 2.02. The van der Waals surface area contributed by atoms with E-state index in [2.05, 4.69) is 31.3 Å². The molecule has 7 nitrogen and oxygen atoms in total. The van der Waals surface area contributed by atoms with Crippen LogP contribution in [0.25, 0.3) is 5.65 Å². The number of nitrogens with one attached hydrogen (secondary N) is 1. The zero-order chi connectivity index (χ0) is 12.7. The fourth-order valence-corrected chi connectivity index (χ4v) is 2.21. The van der Waals surface area contributed by atoms with Crippen molar-refractivity contribution in [3.63, 3.8) is 0 Å². The first-order valence-electron chi connectivity index (χ1n) is 5.27. The van der Waals surface area contributed by atoms with Crippen molar-refractivity contribution in [2.45, 2.75) is 6.42 Å². The fourth-order valence-electron chi connectivity index (χ4n) is 1.87. The lowest BCUT2D eigenvalue weighted by atomic mass is 10.2. The van der Waals surface area contributed by atoms with E-state index in [9.17, 15) is 9.59 Å². The van der Waals surface area contributed by atoms with Crippen LogP contribution < -0.4 is 10.2 Å². The van der Waals surface area contributed by atoms with E-state index in [0.717, 1.165) is 0 Å². The normalized spacial score (nSPS) is 16.2. The van der Waals surface area contributed by atoms with Crippen LogP contribution in [0.4, 0.5) is 10.5 Å². The van der Waals surface area contributed by atoms with Gasteiger partial charge in [0, 0.05) is 19.2 Å². The van der Waals surface area contributed by atoms with Crippen LogP contribution in [0, 0.1) is 0 Å². The fraction of sp³-hybridized carbons (Fsp3) is 0.200. The average Bonchev–Trinajstić information content (AvgIpc) is 2.69. The lowest BCUT2D eigenvalue weighted by Gasteiger charge is -2.26. The molecule has 0 aliphatic carbocycles. The number of hydrogen-bond acceptors (Lipinski definition) is 4. The first-order chi connectivity index (χ1) is 8.65. The molecule has 8 heteroatoms. The Morgan fingerprint density at radius 2 is 2.22 bits per heavy atom. The van der Waals surface area contributed by atoms with E-state index in [0.29, 0.717) is 22.6 Å². The van der Waals surface area contributed by atoms with Crippen LogP contribution in [0.15, 0.2) is 23.1 Å². The van der Waals surface area contributed by atoms with Crippen molar-refractivity contribution in [2.75, 3.05) is 11.4 Å². The van der Waals surface area contributed by atoms with Crippen LogP contribution in [-0.2, 0) is 4.79 Å². The highest BCUT2D eigenvalue weighted by molar-refractivity contribution is 9.10. The van der Waals surface area contributed by atoms with Crippen molar-refractivity contribution >= 4 is 39.2 Å². The summed E-state index contributed by atoms with van der Waals surface area (Å²) in [6.45, 7) is 0.342. The summed E-state index contributed by atoms with van der Waals surface area (Å²) >= 11 is 3.19. The van der Waals surface area contributed by atoms with Gasteiger partial charge < -0.3 is 0 Å². The lowest BCUT2D eigenvalue weighted by molar-refractivity contribution is -0.120. The number of amides is 3. The molecule has 3 heterocycles. The van der Waals surface area contributed by atoms with Crippen molar-refractivity contribution in [3.05, 3.63) is 23.1 Å². The predicted octanol–water partition coefficient (Wildman–Crippen LogP) is 0.938. The highest BCUT2D eigenvalue weighted by Gasteiger charge is 2.26. The molecule has 0 unspecified atom stereocenters. The van der Waals surface area contributed by atoms with Crippen LogP contribution in [0.5, 0.6) is 0 Å². The molecule has 0 saturated carbocycles. The zero-order valence-electron chi connectivity index (χ0n) is 9.13. The Bertz CT molecular complexity index is 653. The van der Waals surface area contributed by atoms with E-state index in [4.69, 9.17) is 0 Å². The van der Waals surface area contributed by atoms with Crippen molar-refractivity contribution in [2.24, 2.45) is 0 Å². The van der Waals surface area contributed by atoms with E-state index in [1.165, 1.54) is 4.90 Å². The number of nitrogens with zero attached hydrogens (tertiary/aromatic N) is 4. The summed E-state index contributed by atoms with van der Waals surface area (Å²) in [6.07, 6.45) is 2.02. The summed E-state index contributed by atoms with van der Waals surface area (Å²) in [6, 6.07) is 3.11. The smallest absolute Gasteiger partial charge is 0.290 e. The molecule has 0 spiro atoms. The Balaban J connectivity index is 2.08. The van der Waals surface area contributed by atoms with Crippen LogP contribution >= 0.6 is 15.9 Å². The second-order valence-corrected chi connectivity index (χ2v) is 4.51. The van der Waals surface area contributed by atoms with E-state index >= 15 is 0 Å². The van der Waals surface area contributed by atoms with Crippen LogP contribution in [0.3, 0.4) is 0 Å². The standard InChI is InChI=1S/C10H8BrN5O2/c11-9-13-8-6(2-1-4-16(8)14-9)15-5-3-7(17)12-10(15)18/h1-2,4H,3,5H2,(H,12,17,18). The molecule has 18 heavy (non-hydrogen) atoms. The monoisotopic (exact) mass is 309 g/mol. The van der Waals surface area contributed by atoms with Crippen molar-refractivity contribution < 1.29 is 9.59 Å². The Morgan fingerprint density at radius 3 is 3.00 bits per heavy atom. The topological polar surface area (TPSA) is 79.6 Å². The van der Waals surface area contributed by atoms with Gasteiger partial charge in [0.05, 0.1) is 5.69 Å². The molecule has 1 aliphatic rings. The van der Waals surface area contributed by atoms with Gasteiger partial charge in [-0.15, -0.1) is 5.10 Å². The molecule has 0 aromatic carbocycles. The van der Waals surface area contributed by atoms with Gasteiger partial charge in [0.2, 0.25) is 10.6 Å². The first-order valence-corrected chi connectivity index (χ1v) is 6.07. The summed E-state index contributed by atoms with van der Waals surface area (Å²) in [4.78, 5) is 28.6. The van der Waals surface area contributed by atoms with Gasteiger partial charge in [-0.3, -0.25) is 15.0 Å². The number of fused-ring (bicyclic) bond motifs is 1. The van der Waals surface area contributed by atoms with Crippen LogP contribution in [0.1, 0.15) is 6.42 Å². The lowest BCUT2D eigenvalue weighted by Crippen LogP contribution is -2.49. The van der Waals surface area contributed by atoms with E-state index in [1.807, 2.05) is 0 Å². The van der Waals surface area contributed by atoms with Gasteiger partial charge in [-0.25, -0.2) is 9.31 Å². The van der Waals surface area contributed by atoms with Crippen molar-refractivity contribution in [1.82, 2.24) is 19.9 Å². The van der Waals surface area contributed by atoms with Crippen molar-refractivity contribution in [1.29, 1.82) is 0 Å². The Hall–Kier alpha value is -1.96. The van der Waals surface area contributed by atoms with Crippen LogP contribution in [-0.4, -0.2) is 33.1 Å². The summed E-state index contributed by atoms with van der Waals surface area (Å²) in [5.41, 5.74) is 1.19. The van der Waals surface area contributed by atoms with Gasteiger partial charge in [0.15, 0.2) is 5.65 Å². The summed E-state index contributed by atoms with van der Waals surface area (Å²) in [5, 5.41) is 6.38. The number of rotatable bonds is 1. The minimum Gasteiger partial charge on any atom is -0.290 e. The third-order valence-electron chi connectivity index (χ3n) is 2.66. The van der Waals surface area contributed by atoms with E-state index in [1.54, 1.807) is 22.8 Å². The number of anilines is 1. The molecule has 1 N–H and O–H groups in total. The van der Waals surface area contributed by atoms with Crippen LogP contribution in [0.2, 0.25) is 0 Å². The minimum absolute atomic E-state index is 0.258. The predicted molar refractivity (Wildman–Crippen MR) is 66.2 cm³/mol. The molecule has 3 rings (SSSR count). The number of pyridine rings is 1. The highest BCUT2D eigenvalue weighted by Crippen LogP contribution is 2.22. The number of hydrogen-bond donors (Lipinski definition) is 1. The molecule has 1 fully saturated rings. The molecular weight excluding hydrogens is 302 g/mol. The number of aromatic nitrogens is 3. The summed E-state index contributed by atoms with van der Waals surface area (Å²) in [5.74, 6) is -0.258. The molecule has 1 saturated heterocycles. The summed E-state index contributed by atoms with van der Waals surface area (Å²) in [7, 11) is 0. The Kier molecular flexibility index (Phi) is 2.51. The van der Waals surface area contributed by atoms with Gasteiger partial charge >= 0.3 is 6.03 Å². The maximum Gasteiger partial charge on any atom is 0.328 e. The number of urea groups is 1. The third kappa shape index (κ3) is 1.74. The molecule has 0 radical (unpaired) electrons. The molecule has 0 bridgehead atoms. The molecule has 2 aromatic heterocycles. The van der Waals surface area contributed by atoms with E-state index < -0.39 is 6.03 Å². The molecule has 0 atom stereocenters. The first kappa shape index (κ1) is 11.1. The number of halogens is 1. The SMILES string of the molecule is O=C1CCN(c2cccn3nc(Br)nc23)C(=O)N1. The van der Waals surface area contributed by atoms with E-state index in [-0.39, 0.29) is 12.3 Å². The number of carbonyl (C=O) groups is 2. The molecule has 1 aliphatic heterocycles. The maximum absolute atomic E-state index is 11.8. The molecule has 3 amide bonds. The van der Waals surface area contributed by atoms with Gasteiger partial charge in [0.25, 0.3) is 0 Å². The van der Waals surface area contributed by atoms with Gasteiger partial charge in [-0.05, 0) is 28.1 Å². The molecule has 92 valence electrons. The number of carbonyl (C=O) groups excluding carboxylic acids is 2. The Morgan fingerprint density at radius 1 is 1.39 bits per heavy atom. The third-order valence-corrected chi connectivity index (χ3v) is 3.00. The minimum atomic E-state index is -0.432. The quantitative estimate of drug-likeness (QED) is 0.850. The highest BCUT2D eigenvalue weighted by atomic mass is 79.9. The maximum atomic E-state index is 11.8. The molecule has 2 aromatic rings. The van der Waals surface area contributed by atoms with Crippen molar-refractivity contribution in [3.8, 4) is 0 Å². The van der Waals surface area contributed by atoms with Gasteiger partial charge in [-0.1, -0.05) is 0 Å².